The first-order valence-electron chi connectivity index (χ1n) is 6.11. The van der Waals surface area contributed by atoms with Crippen molar-refractivity contribution < 1.29 is 18.7 Å². The summed E-state index contributed by atoms with van der Waals surface area (Å²) in [4.78, 5) is 12.0. The summed E-state index contributed by atoms with van der Waals surface area (Å²) >= 11 is 1.22. The number of ether oxygens (including phenoxy) is 2. The molecular formula is C13H15FN2O3S. The van der Waals surface area contributed by atoms with Crippen molar-refractivity contribution in [3.05, 3.63) is 18.2 Å². The summed E-state index contributed by atoms with van der Waals surface area (Å²) in [6.07, 6.45) is 2.59. The average Bonchev–Trinajstić information content (AvgIpc) is 2.48. The second kappa shape index (κ2) is 6.60. The highest BCUT2D eigenvalue weighted by atomic mass is 32.2. The number of methoxy groups -OCH3 is 1. The number of hydrazone groups is 1. The minimum atomic E-state index is -0.940. The molecule has 1 aromatic carbocycles. The van der Waals surface area contributed by atoms with E-state index < -0.39 is 6.86 Å². The summed E-state index contributed by atoms with van der Waals surface area (Å²) in [6, 6.07) is 4.77. The Balaban J connectivity index is 2.27. The van der Waals surface area contributed by atoms with Crippen molar-refractivity contribution in [2.75, 3.05) is 19.0 Å². The average molecular weight is 298 g/mol. The first-order valence-corrected chi connectivity index (χ1v) is 6.99. The number of benzene rings is 1. The molecule has 0 fully saturated rings. The molecule has 1 aliphatic rings. The van der Waals surface area contributed by atoms with Crippen molar-refractivity contribution in [1.82, 2.24) is 0 Å². The van der Waals surface area contributed by atoms with Gasteiger partial charge < -0.3 is 9.47 Å². The van der Waals surface area contributed by atoms with E-state index >= 15 is 0 Å². The van der Waals surface area contributed by atoms with Crippen LogP contribution in [0.4, 0.5) is 14.9 Å². The maximum Gasteiger partial charge on any atom is 0.307 e. The molecule has 1 unspecified atom stereocenters. The molecule has 0 radical (unpaired) electrons. The number of alkyl halides is 1. The summed E-state index contributed by atoms with van der Waals surface area (Å²) in [6.45, 7) is 1.06. The van der Waals surface area contributed by atoms with Crippen molar-refractivity contribution in [2.24, 2.45) is 5.10 Å². The van der Waals surface area contributed by atoms with Gasteiger partial charge in [0, 0.05) is 12.3 Å². The maximum absolute atomic E-state index is 12.2. The van der Waals surface area contributed by atoms with Crippen LogP contribution in [0, 0.1) is 0 Å². The molecule has 0 spiro atoms. The minimum Gasteiger partial charge on any atom is -0.493 e. The Labute approximate surface area is 120 Å². The van der Waals surface area contributed by atoms with E-state index in [0.29, 0.717) is 11.4 Å². The fraction of sp³-hybridized carbons (Fsp3) is 0.385. The van der Waals surface area contributed by atoms with Crippen LogP contribution < -0.4 is 14.5 Å². The predicted molar refractivity (Wildman–Crippen MR) is 77.6 cm³/mol. The number of halogens is 1. The Kier molecular flexibility index (Phi) is 4.84. The smallest absolute Gasteiger partial charge is 0.307 e. The zero-order valence-corrected chi connectivity index (χ0v) is 12.0. The standard InChI is InChI=1S/C13H15FN2O3S/c1-3-10-7-15-16(13(17)20-10)9-4-5-11(19-8-14)12(6-9)18-2/h4-7,10H,3,8H2,1-2H3. The summed E-state index contributed by atoms with van der Waals surface area (Å²) in [5, 5.41) is 5.40. The van der Waals surface area contributed by atoms with E-state index in [4.69, 9.17) is 9.47 Å². The molecular weight excluding hydrogens is 283 g/mol. The molecule has 0 aromatic heterocycles. The number of anilines is 1. The van der Waals surface area contributed by atoms with Crippen LogP contribution in [0.5, 0.6) is 11.5 Å². The molecule has 2 rings (SSSR count). The molecule has 0 bridgehead atoms. The summed E-state index contributed by atoms with van der Waals surface area (Å²) in [5.41, 5.74) is 0.552. The molecule has 1 heterocycles. The highest BCUT2D eigenvalue weighted by Gasteiger charge is 2.24. The lowest BCUT2D eigenvalue weighted by atomic mass is 10.2. The van der Waals surface area contributed by atoms with Gasteiger partial charge in [-0.05, 0) is 18.6 Å². The van der Waals surface area contributed by atoms with Crippen molar-refractivity contribution in [2.45, 2.75) is 18.6 Å². The summed E-state index contributed by atoms with van der Waals surface area (Å²) in [5.74, 6) is 0.636. The lowest BCUT2D eigenvalue weighted by Gasteiger charge is -2.23. The highest BCUT2D eigenvalue weighted by molar-refractivity contribution is 8.15. The van der Waals surface area contributed by atoms with Gasteiger partial charge in [-0.25, -0.2) is 4.39 Å². The zero-order chi connectivity index (χ0) is 14.5. The van der Waals surface area contributed by atoms with E-state index in [0.717, 1.165) is 6.42 Å². The van der Waals surface area contributed by atoms with Crippen molar-refractivity contribution in [1.29, 1.82) is 0 Å². The maximum atomic E-state index is 12.2. The van der Waals surface area contributed by atoms with Gasteiger partial charge in [0.1, 0.15) is 0 Å². The quantitative estimate of drug-likeness (QED) is 0.835. The van der Waals surface area contributed by atoms with E-state index in [2.05, 4.69) is 5.10 Å². The monoisotopic (exact) mass is 298 g/mol. The van der Waals surface area contributed by atoms with E-state index in [1.807, 2.05) is 6.92 Å². The van der Waals surface area contributed by atoms with Gasteiger partial charge in [-0.1, -0.05) is 18.7 Å². The molecule has 5 nitrogen and oxygen atoms in total. The fourth-order valence-electron chi connectivity index (χ4n) is 1.72. The molecule has 1 amide bonds. The molecule has 0 saturated carbocycles. The van der Waals surface area contributed by atoms with Gasteiger partial charge in [0.2, 0.25) is 6.86 Å². The Bertz CT molecular complexity index is 524. The third kappa shape index (κ3) is 3.04. The van der Waals surface area contributed by atoms with Gasteiger partial charge >= 0.3 is 5.24 Å². The van der Waals surface area contributed by atoms with Gasteiger partial charge in [-0.2, -0.15) is 10.1 Å². The van der Waals surface area contributed by atoms with Gasteiger partial charge in [-0.3, -0.25) is 4.79 Å². The molecule has 0 saturated heterocycles. The highest BCUT2D eigenvalue weighted by Crippen LogP contribution is 2.34. The van der Waals surface area contributed by atoms with Crippen molar-refractivity contribution >= 4 is 28.9 Å². The molecule has 7 heteroatoms. The van der Waals surface area contributed by atoms with Crippen LogP contribution in [0.25, 0.3) is 0 Å². The van der Waals surface area contributed by atoms with Crippen LogP contribution in [0.3, 0.4) is 0 Å². The van der Waals surface area contributed by atoms with Gasteiger partial charge in [0.05, 0.1) is 18.0 Å². The van der Waals surface area contributed by atoms with Gasteiger partial charge in [0.15, 0.2) is 11.5 Å². The normalized spacial score (nSPS) is 18.2. The largest absolute Gasteiger partial charge is 0.493 e. The van der Waals surface area contributed by atoms with Crippen LogP contribution in [0.15, 0.2) is 23.3 Å². The number of rotatable bonds is 5. The topological polar surface area (TPSA) is 51.1 Å². The van der Waals surface area contributed by atoms with Crippen molar-refractivity contribution in [3.8, 4) is 11.5 Å². The lowest BCUT2D eigenvalue weighted by molar-refractivity contribution is 0.184. The van der Waals surface area contributed by atoms with E-state index in [9.17, 15) is 9.18 Å². The molecule has 1 aliphatic heterocycles. The predicted octanol–water partition coefficient (Wildman–Crippen LogP) is 3.44. The van der Waals surface area contributed by atoms with E-state index in [1.54, 1.807) is 24.4 Å². The number of nitrogens with zero attached hydrogens (tertiary/aromatic N) is 2. The Hall–Kier alpha value is -1.76. The Morgan fingerprint density at radius 1 is 1.45 bits per heavy atom. The van der Waals surface area contributed by atoms with Crippen LogP contribution in [0.1, 0.15) is 13.3 Å². The van der Waals surface area contributed by atoms with Crippen LogP contribution in [0.2, 0.25) is 0 Å². The van der Waals surface area contributed by atoms with Gasteiger partial charge in [-0.15, -0.1) is 0 Å². The molecule has 0 aliphatic carbocycles. The van der Waals surface area contributed by atoms with Crippen LogP contribution in [-0.4, -0.2) is 30.7 Å². The third-order valence-electron chi connectivity index (χ3n) is 2.78. The SMILES string of the molecule is CCC1C=NN(c2ccc(OCF)c(OC)c2)C(=O)S1. The van der Waals surface area contributed by atoms with Crippen LogP contribution >= 0.6 is 11.8 Å². The van der Waals surface area contributed by atoms with Crippen LogP contribution in [-0.2, 0) is 0 Å². The second-order valence-electron chi connectivity index (χ2n) is 4.00. The molecule has 0 N–H and O–H groups in total. The number of thioether (sulfide) groups is 1. The molecule has 108 valence electrons. The molecule has 1 aromatic rings. The molecule has 1 atom stereocenters. The summed E-state index contributed by atoms with van der Waals surface area (Å²) in [7, 11) is 1.45. The fourth-order valence-corrected chi connectivity index (χ4v) is 2.52. The number of carbonyl (C=O) groups is 1. The number of hydrogen-bond donors (Lipinski definition) is 0. The van der Waals surface area contributed by atoms with Gasteiger partial charge in [0.25, 0.3) is 0 Å². The Morgan fingerprint density at radius 2 is 2.25 bits per heavy atom. The first-order chi connectivity index (χ1) is 9.69. The number of carbonyl (C=O) groups excluding carboxylic acids is 1. The number of amides is 1. The van der Waals surface area contributed by atoms with E-state index in [1.165, 1.54) is 23.9 Å². The third-order valence-corrected chi connectivity index (χ3v) is 3.91. The number of hydrogen-bond acceptors (Lipinski definition) is 5. The summed E-state index contributed by atoms with van der Waals surface area (Å²) < 4.78 is 22.1. The second-order valence-corrected chi connectivity index (χ2v) is 5.19. The van der Waals surface area contributed by atoms with E-state index in [-0.39, 0.29) is 16.2 Å². The zero-order valence-electron chi connectivity index (χ0n) is 11.2. The van der Waals surface area contributed by atoms with Crippen molar-refractivity contribution in [3.63, 3.8) is 0 Å². The minimum absolute atomic E-state index is 0.106. The first kappa shape index (κ1) is 14.6. The molecule has 20 heavy (non-hydrogen) atoms. The Morgan fingerprint density at radius 3 is 2.85 bits per heavy atom. The lowest BCUT2D eigenvalue weighted by Crippen LogP contribution is -2.29.